The van der Waals surface area contributed by atoms with Crippen molar-refractivity contribution in [2.45, 2.75) is 88.5 Å². The highest BCUT2D eigenvalue weighted by Crippen LogP contribution is 2.75. The van der Waals surface area contributed by atoms with Crippen LogP contribution in [0.5, 0.6) is 0 Å². The van der Waals surface area contributed by atoms with Crippen molar-refractivity contribution < 1.29 is 23.7 Å². The van der Waals surface area contributed by atoms with Crippen LogP contribution < -0.4 is 0 Å². The van der Waals surface area contributed by atoms with Gasteiger partial charge in [0.1, 0.15) is 5.60 Å². The lowest BCUT2D eigenvalue weighted by atomic mass is 9.44. The van der Waals surface area contributed by atoms with Gasteiger partial charge in [0.15, 0.2) is 11.6 Å². The fourth-order valence-corrected chi connectivity index (χ4v) is 9.25. The molecule has 0 N–H and O–H groups in total. The largest absolute Gasteiger partial charge is 0.365 e. The molecule has 3 aliphatic heterocycles. The van der Waals surface area contributed by atoms with Crippen LogP contribution in [0, 0.1) is 28.6 Å². The number of rotatable bonds is 0. The molecule has 0 bridgehead atoms. The summed E-state index contributed by atoms with van der Waals surface area (Å²) in [5, 5.41) is 0. The second kappa shape index (κ2) is 5.16. The third-order valence-corrected chi connectivity index (χ3v) is 10.7. The van der Waals surface area contributed by atoms with E-state index in [9.17, 15) is 0 Å². The molecular formula is C23H34O5. The summed E-state index contributed by atoms with van der Waals surface area (Å²) in [5.41, 5.74) is 0.431. The summed E-state index contributed by atoms with van der Waals surface area (Å²) in [5.74, 6) is 1.55. The molecule has 4 aliphatic carbocycles. The minimum atomic E-state index is -0.354. The van der Waals surface area contributed by atoms with Crippen molar-refractivity contribution in [2.75, 3.05) is 26.4 Å². The molecule has 156 valence electrons. The van der Waals surface area contributed by atoms with Crippen molar-refractivity contribution in [1.82, 2.24) is 0 Å². The van der Waals surface area contributed by atoms with Gasteiger partial charge in [-0.05, 0) is 49.9 Å². The Morgan fingerprint density at radius 1 is 0.714 bits per heavy atom. The van der Waals surface area contributed by atoms with E-state index in [0.29, 0.717) is 12.0 Å². The Morgan fingerprint density at radius 2 is 1.39 bits per heavy atom. The first kappa shape index (κ1) is 17.5. The zero-order valence-corrected chi connectivity index (χ0v) is 17.3. The summed E-state index contributed by atoms with van der Waals surface area (Å²) in [6, 6.07) is 0. The predicted molar refractivity (Wildman–Crippen MR) is 100 cm³/mol. The molecule has 0 aromatic rings. The maximum atomic E-state index is 6.63. The first-order valence-corrected chi connectivity index (χ1v) is 11.7. The topological polar surface area (TPSA) is 49.5 Å². The highest BCUT2D eigenvalue weighted by Gasteiger charge is 2.79. The van der Waals surface area contributed by atoms with Crippen LogP contribution in [0.2, 0.25) is 0 Å². The molecule has 28 heavy (non-hydrogen) atoms. The van der Waals surface area contributed by atoms with E-state index in [2.05, 4.69) is 13.8 Å². The van der Waals surface area contributed by atoms with E-state index in [-0.39, 0.29) is 28.0 Å². The normalized spacial score (nSPS) is 57.6. The van der Waals surface area contributed by atoms with Crippen LogP contribution >= 0.6 is 0 Å². The van der Waals surface area contributed by atoms with E-state index in [1.54, 1.807) is 0 Å². The molecule has 5 heteroatoms. The number of fused-ring (bicyclic) bond motifs is 5. The van der Waals surface area contributed by atoms with E-state index in [1.807, 2.05) is 0 Å². The van der Waals surface area contributed by atoms with Gasteiger partial charge in [-0.2, -0.15) is 0 Å². The average molecular weight is 391 g/mol. The molecule has 3 heterocycles. The van der Waals surface area contributed by atoms with Gasteiger partial charge < -0.3 is 23.7 Å². The van der Waals surface area contributed by atoms with Gasteiger partial charge in [-0.3, -0.25) is 0 Å². The second-order valence-corrected chi connectivity index (χ2v) is 11.3. The molecule has 0 aromatic heterocycles. The van der Waals surface area contributed by atoms with E-state index in [0.717, 1.165) is 57.5 Å². The smallest absolute Gasteiger partial charge is 0.174 e. The SMILES string of the molecule is C[C@]12CC[C@H]3[C@@H](C[C@@H]4O[C@@]45CC4(CC[C@]35C)OCCO4)[C@@H]1CCC21OCCO1. The van der Waals surface area contributed by atoms with Gasteiger partial charge in [0.25, 0.3) is 0 Å². The fourth-order valence-electron chi connectivity index (χ4n) is 9.25. The summed E-state index contributed by atoms with van der Waals surface area (Å²) in [6.07, 6.45) is 9.61. The Balaban J connectivity index is 1.22. The van der Waals surface area contributed by atoms with Crippen molar-refractivity contribution >= 4 is 0 Å². The van der Waals surface area contributed by atoms with Crippen molar-refractivity contribution in [3.05, 3.63) is 0 Å². The van der Waals surface area contributed by atoms with Crippen molar-refractivity contribution in [1.29, 1.82) is 0 Å². The minimum Gasteiger partial charge on any atom is -0.365 e. The first-order chi connectivity index (χ1) is 13.5. The zero-order chi connectivity index (χ0) is 18.8. The monoisotopic (exact) mass is 390 g/mol. The van der Waals surface area contributed by atoms with E-state index in [4.69, 9.17) is 23.7 Å². The zero-order valence-electron chi connectivity index (χ0n) is 17.3. The number of epoxide rings is 1. The van der Waals surface area contributed by atoms with Gasteiger partial charge in [-0.15, -0.1) is 0 Å². The summed E-state index contributed by atoms with van der Waals surface area (Å²) >= 11 is 0. The van der Waals surface area contributed by atoms with Crippen molar-refractivity contribution in [3.63, 3.8) is 0 Å². The molecular weight excluding hydrogens is 356 g/mol. The Bertz CT molecular complexity index is 697. The second-order valence-electron chi connectivity index (χ2n) is 11.3. The maximum absolute atomic E-state index is 6.63. The highest BCUT2D eigenvalue weighted by atomic mass is 16.7. The standard InChI is InChI=1S/C23H34O5/c1-19-7-8-21(24-9-10-25-21)14-22(19)18(28-22)13-15-16(19)3-5-20(2)17(15)4-6-23(20)26-11-12-27-23/h15-18H,3-14H2,1-2H3/t15-,16+,17+,18+,19-,20+,22+/m1/s1. The summed E-state index contributed by atoms with van der Waals surface area (Å²) < 4.78 is 31.5. The Labute approximate surface area is 167 Å². The van der Waals surface area contributed by atoms with Gasteiger partial charge in [0, 0.05) is 30.1 Å². The van der Waals surface area contributed by atoms with Crippen LogP contribution in [-0.2, 0) is 23.7 Å². The van der Waals surface area contributed by atoms with Gasteiger partial charge >= 0.3 is 0 Å². The molecule has 0 radical (unpaired) electrons. The van der Waals surface area contributed by atoms with E-state index in [1.165, 1.54) is 32.1 Å². The molecule has 0 unspecified atom stereocenters. The third kappa shape index (κ3) is 1.80. The van der Waals surface area contributed by atoms with E-state index >= 15 is 0 Å². The average Bonchev–Trinajstić information content (AvgIpc) is 3.06. The molecule has 7 aliphatic rings. The maximum Gasteiger partial charge on any atom is 0.174 e. The molecule has 3 saturated heterocycles. The van der Waals surface area contributed by atoms with Crippen LogP contribution in [0.4, 0.5) is 0 Å². The molecule has 7 rings (SSSR count). The minimum absolute atomic E-state index is 0.00114. The highest BCUT2D eigenvalue weighted by molar-refractivity contribution is 5.26. The van der Waals surface area contributed by atoms with Gasteiger partial charge in [0.2, 0.25) is 0 Å². The van der Waals surface area contributed by atoms with E-state index < -0.39 is 0 Å². The Kier molecular flexibility index (Phi) is 3.22. The third-order valence-electron chi connectivity index (χ3n) is 10.7. The van der Waals surface area contributed by atoms with Crippen molar-refractivity contribution in [2.24, 2.45) is 28.6 Å². The molecule has 0 aromatic carbocycles. The molecule has 7 fully saturated rings. The Morgan fingerprint density at radius 3 is 2.18 bits per heavy atom. The fraction of sp³-hybridized carbons (Fsp3) is 1.00. The number of hydrogen-bond acceptors (Lipinski definition) is 5. The summed E-state index contributed by atoms with van der Waals surface area (Å²) in [6.45, 7) is 8.04. The van der Waals surface area contributed by atoms with Crippen LogP contribution in [0.15, 0.2) is 0 Å². The quantitative estimate of drug-likeness (QED) is 0.591. The summed E-state index contributed by atoms with van der Waals surface area (Å²) in [4.78, 5) is 0. The lowest BCUT2D eigenvalue weighted by Gasteiger charge is -2.60. The molecule has 0 amide bonds. The van der Waals surface area contributed by atoms with Gasteiger partial charge in [-0.1, -0.05) is 13.8 Å². The lowest BCUT2D eigenvalue weighted by molar-refractivity contribution is -0.254. The van der Waals surface area contributed by atoms with Crippen LogP contribution in [-0.4, -0.2) is 49.7 Å². The molecule has 7 atom stereocenters. The number of hydrogen-bond donors (Lipinski definition) is 0. The van der Waals surface area contributed by atoms with Crippen LogP contribution in [0.3, 0.4) is 0 Å². The first-order valence-electron chi connectivity index (χ1n) is 11.7. The molecule has 4 saturated carbocycles. The number of ether oxygens (including phenoxy) is 5. The van der Waals surface area contributed by atoms with Crippen LogP contribution in [0.1, 0.15) is 65.2 Å². The predicted octanol–water partition coefficient (Wildman–Crippen LogP) is 3.65. The Hall–Kier alpha value is -0.200. The molecule has 3 spiro atoms. The van der Waals surface area contributed by atoms with Gasteiger partial charge in [-0.25, -0.2) is 0 Å². The van der Waals surface area contributed by atoms with Gasteiger partial charge in [0.05, 0.1) is 32.5 Å². The van der Waals surface area contributed by atoms with Crippen molar-refractivity contribution in [3.8, 4) is 0 Å². The lowest BCUT2D eigenvalue weighted by Crippen LogP contribution is -2.62. The summed E-state index contributed by atoms with van der Waals surface area (Å²) in [7, 11) is 0. The molecule has 5 nitrogen and oxygen atoms in total. The van der Waals surface area contributed by atoms with Crippen LogP contribution in [0.25, 0.3) is 0 Å².